The van der Waals surface area contributed by atoms with Crippen LogP contribution in [0, 0.1) is 11.3 Å². The number of pyridine rings is 1. The van der Waals surface area contributed by atoms with E-state index in [0.29, 0.717) is 24.6 Å². The number of nitrogens with zero attached hydrogens (tertiary/aromatic N) is 3. The Morgan fingerprint density at radius 1 is 1.24 bits per heavy atom. The molecule has 1 aromatic heterocycles. The van der Waals surface area contributed by atoms with Crippen LogP contribution < -0.4 is 5.32 Å². The molecule has 0 amide bonds. The van der Waals surface area contributed by atoms with Crippen LogP contribution in [0.1, 0.15) is 37.3 Å². The van der Waals surface area contributed by atoms with Gasteiger partial charge in [-0.05, 0) is 54.4 Å². The first-order chi connectivity index (χ1) is 12.2. The number of benzene rings is 1. The van der Waals surface area contributed by atoms with Gasteiger partial charge < -0.3 is 10.2 Å². The fourth-order valence-corrected chi connectivity index (χ4v) is 2.76. The summed E-state index contributed by atoms with van der Waals surface area (Å²) in [7, 11) is 0. The Bertz CT molecular complexity index is 692. The molecule has 0 unspecified atom stereocenters. The van der Waals surface area contributed by atoms with Crippen molar-refractivity contribution < 1.29 is 0 Å². The highest BCUT2D eigenvalue weighted by Gasteiger charge is 2.11. The number of thiocarbonyl (C=S) groups is 1. The Morgan fingerprint density at radius 3 is 2.68 bits per heavy atom. The van der Waals surface area contributed by atoms with Gasteiger partial charge in [0.15, 0.2) is 5.11 Å². The summed E-state index contributed by atoms with van der Waals surface area (Å²) in [5.41, 5.74) is 3.38. The molecule has 0 atom stereocenters. The van der Waals surface area contributed by atoms with Crippen molar-refractivity contribution in [1.29, 1.82) is 5.26 Å². The molecule has 0 saturated heterocycles. The van der Waals surface area contributed by atoms with E-state index in [0.717, 1.165) is 17.7 Å². The number of nitrogens with one attached hydrogen (secondary N) is 1. The zero-order chi connectivity index (χ0) is 17.9. The molecule has 0 aliphatic rings. The van der Waals surface area contributed by atoms with Gasteiger partial charge in [0.1, 0.15) is 0 Å². The first-order valence-electron chi connectivity index (χ1n) is 8.63. The molecule has 4 nitrogen and oxygen atoms in total. The van der Waals surface area contributed by atoms with Gasteiger partial charge in [0.2, 0.25) is 0 Å². The second-order valence-electron chi connectivity index (χ2n) is 5.92. The lowest BCUT2D eigenvalue weighted by Crippen LogP contribution is -2.35. The van der Waals surface area contributed by atoms with Crippen molar-refractivity contribution in [3.05, 3.63) is 59.9 Å². The minimum atomic E-state index is 0.429. The zero-order valence-corrected chi connectivity index (χ0v) is 15.4. The van der Waals surface area contributed by atoms with E-state index in [2.05, 4.69) is 47.6 Å². The van der Waals surface area contributed by atoms with E-state index in [1.54, 1.807) is 6.20 Å². The fourth-order valence-electron chi connectivity index (χ4n) is 2.49. The zero-order valence-electron chi connectivity index (χ0n) is 14.6. The lowest BCUT2D eigenvalue weighted by molar-refractivity contribution is 0.427. The average Bonchev–Trinajstić information content (AvgIpc) is 2.65. The molecule has 0 saturated carbocycles. The first-order valence-corrected chi connectivity index (χ1v) is 9.04. The monoisotopic (exact) mass is 352 g/mol. The molecule has 5 heteroatoms. The molecule has 2 rings (SSSR count). The molecule has 0 radical (unpaired) electrons. The van der Waals surface area contributed by atoms with Crippen LogP contribution >= 0.6 is 12.2 Å². The van der Waals surface area contributed by atoms with Gasteiger partial charge in [-0.1, -0.05) is 31.5 Å². The summed E-state index contributed by atoms with van der Waals surface area (Å²) < 4.78 is 0. The van der Waals surface area contributed by atoms with Crippen LogP contribution in [-0.2, 0) is 13.0 Å². The van der Waals surface area contributed by atoms with Gasteiger partial charge >= 0.3 is 0 Å². The van der Waals surface area contributed by atoms with E-state index in [1.165, 1.54) is 18.4 Å². The summed E-state index contributed by atoms with van der Waals surface area (Å²) in [4.78, 5) is 6.14. The van der Waals surface area contributed by atoms with Gasteiger partial charge in [-0.2, -0.15) is 5.26 Å². The Kier molecular flexibility index (Phi) is 7.87. The molecule has 0 spiro atoms. The highest BCUT2D eigenvalue weighted by molar-refractivity contribution is 7.80. The highest BCUT2D eigenvalue weighted by Crippen LogP contribution is 2.14. The van der Waals surface area contributed by atoms with Crippen molar-refractivity contribution in [2.45, 2.75) is 39.2 Å². The number of unbranched alkanes of at least 4 members (excludes halogenated alkanes) is 1. The first kappa shape index (κ1) is 18.9. The van der Waals surface area contributed by atoms with Crippen molar-refractivity contribution in [2.24, 2.45) is 0 Å². The van der Waals surface area contributed by atoms with E-state index in [4.69, 9.17) is 17.5 Å². The molecule has 0 fully saturated rings. The van der Waals surface area contributed by atoms with Gasteiger partial charge in [-0.15, -0.1) is 0 Å². The number of aryl methyl sites for hydroxylation is 1. The van der Waals surface area contributed by atoms with E-state index in [9.17, 15) is 0 Å². The summed E-state index contributed by atoms with van der Waals surface area (Å²) in [6.07, 6.45) is 7.52. The van der Waals surface area contributed by atoms with Gasteiger partial charge in [-0.25, -0.2) is 0 Å². The molecule has 1 aromatic carbocycles. The molecule has 0 aliphatic heterocycles. The third kappa shape index (κ3) is 6.52. The predicted molar refractivity (Wildman–Crippen MR) is 106 cm³/mol. The van der Waals surface area contributed by atoms with Crippen LogP contribution in [-0.4, -0.2) is 21.5 Å². The van der Waals surface area contributed by atoms with Crippen molar-refractivity contribution in [3.8, 4) is 6.07 Å². The molecular formula is C20H24N4S. The number of rotatable bonds is 8. The van der Waals surface area contributed by atoms with Crippen molar-refractivity contribution in [1.82, 2.24) is 9.88 Å². The van der Waals surface area contributed by atoms with Gasteiger partial charge in [0.25, 0.3) is 0 Å². The maximum atomic E-state index is 8.90. The number of aromatic nitrogens is 1. The standard InChI is InChI=1S/C20H24N4S/c1-2-3-6-17-8-10-19(11-9-17)23-20(25)24(14-5-12-21)16-18-7-4-13-22-15-18/h4,7-11,13,15H,2-3,5-6,14,16H2,1H3,(H,23,25). The van der Waals surface area contributed by atoms with Crippen LogP contribution in [0.15, 0.2) is 48.8 Å². The molecule has 130 valence electrons. The minimum absolute atomic E-state index is 0.429. The van der Waals surface area contributed by atoms with Crippen molar-refractivity contribution in [3.63, 3.8) is 0 Å². The van der Waals surface area contributed by atoms with Crippen LogP contribution in [0.3, 0.4) is 0 Å². The smallest absolute Gasteiger partial charge is 0.173 e. The van der Waals surface area contributed by atoms with E-state index in [1.807, 2.05) is 23.2 Å². The molecule has 0 bridgehead atoms. The lowest BCUT2D eigenvalue weighted by atomic mass is 10.1. The predicted octanol–water partition coefficient (Wildman–Crippen LogP) is 4.54. The Balaban J connectivity index is 1.99. The Morgan fingerprint density at radius 2 is 2.04 bits per heavy atom. The number of hydrogen-bond acceptors (Lipinski definition) is 3. The van der Waals surface area contributed by atoms with Crippen LogP contribution in [0.5, 0.6) is 0 Å². The fraction of sp³-hybridized carbons (Fsp3) is 0.350. The maximum absolute atomic E-state index is 8.90. The highest BCUT2D eigenvalue weighted by atomic mass is 32.1. The van der Waals surface area contributed by atoms with Crippen LogP contribution in [0.4, 0.5) is 5.69 Å². The molecule has 25 heavy (non-hydrogen) atoms. The van der Waals surface area contributed by atoms with Gasteiger partial charge in [0, 0.05) is 31.2 Å². The molecule has 0 aliphatic carbocycles. The second-order valence-corrected chi connectivity index (χ2v) is 6.31. The summed E-state index contributed by atoms with van der Waals surface area (Å²) in [5, 5.41) is 12.8. The molecule has 2 aromatic rings. The van der Waals surface area contributed by atoms with Gasteiger partial charge in [0.05, 0.1) is 12.5 Å². The Labute approximate surface area is 155 Å². The van der Waals surface area contributed by atoms with Crippen molar-refractivity contribution in [2.75, 3.05) is 11.9 Å². The number of nitriles is 1. The van der Waals surface area contributed by atoms with Gasteiger partial charge in [-0.3, -0.25) is 4.98 Å². The topological polar surface area (TPSA) is 52.0 Å². The summed E-state index contributed by atoms with van der Waals surface area (Å²) in [6.45, 7) is 3.42. The number of anilines is 1. The largest absolute Gasteiger partial charge is 0.344 e. The minimum Gasteiger partial charge on any atom is -0.344 e. The van der Waals surface area contributed by atoms with Crippen molar-refractivity contribution >= 4 is 23.0 Å². The van der Waals surface area contributed by atoms with E-state index >= 15 is 0 Å². The summed E-state index contributed by atoms with van der Waals surface area (Å²) >= 11 is 5.56. The molecule has 1 N–H and O–H groups in total. The SMILES string of the molecule is CCCCc1ccc(NC(=S)N(CCC#N)Cc2cccnc2)cc1. The maximum Gasteiger partial charge on any atom is 0.173 e. The second kappa shape index (κ2) is 10.4. The van der Waals surface area contributed by atoms with Crippen LogP contribution in [0.25, 0.3) is 0 Å². The summed E-state index contributed by atoms with van der Waals surface area (Å²) in [6, 6.07) is 14.5. The molecular weight excluding hydrogens is 328 g/mol. The summed E-state index contributed by atoms with van der Waals surface area (Å²) in [5.74, 6) is 0. The Hall–Kier alpha value is -2.45. The molecule has 1 heterocycles. The lowest BCUT2D eigenvalue weighted by Gasteiger charge is -2.25. The quantitative estimate of drug-likeness (QED) is 0.707. The van der Waals surface area contributed by atoms with Crippen LogP contribution in [0.2, 0.25) is 0 Å². The van der Waals surface area contributed by atoms with E-state index < -0.39 is 0 Å². The average molecular weight is 353 g/mol. The van der Waals surface area contributed by atoms with E-state index in [-0.39, 0.29) is 0 Å². The third-order valence-corrected chi connectivity index (χ3v) is 4.26. The number of hydrogen-bond donors (Lipinski definition) is 1. The normalized spacial score (nSPS) is 10.1. The third-order valence-electron chi connectivity index (χ3n) is 3.90.